The van der Waals surface area contributed by atoms with Crippen molar-refractivity contribution in [2.75, 3.05) is 30.5 Å². The molecule has 0 bridgehead atoms. The molecular weight excluding hydrogens is 320 g/mol. The summed E-state index contributed by atoms with van der Waals surface area (Å²) in [5.74, 6) is 1.47. The summed E-state index contributed by atoms with van der Waals surface area (Å²) in [7, 11) is 1.64. The van der Waals surface area contributed by atoms with Gasteiger partial charge in [0.05, 0.1) is 6.61 Å². The highest BCUT2D eigenvalue weighted by Crippen LogP contribution is 2.31. The van der Waals surface area contributed by atoms with E-state index in [0.717, 1.165) is 29.2 Å². The second-order valence-electron chi connectivity index (χ2n) is 5.81. The molecule has 0 saturated carbocycles. The predicted octanol–water partition coefficient (Wildman–Crippen LogP) is 1.79. The fourth-order valence-electron chi connectivity index (χ4n) is 3.05. The first-order valence-corrected chi connectivity index (χ1v) is 8.10. The third-order valence-electron chi connectivity index (χ3n) is 4.25. The summed E-state index contributed by atoms with van der Waals surface area (Å²) in [6, 6.07) is 7.85. The zero-order valence-electron chi connectivity index (χ0n) is 13.8. The van der Waals surface area contributed by atoms with Gasteiger partial charge in [-0.25, -0.2) is 4.98 Å². The van der Waals surface area contributed by atoms with Crippen LogP contribution in [0.4, 0.5) is 17.2 Å². The molecule has 3 heterocycles. The van der Waals surface area contributed by atoms with E-state index in [1.54, 1.807) is 22.7 Å². The van der Waals surface area contributed by atoms with Crippen LogP contribution in [0.1, 0.15) is 12.0 Å². The first kappa shape index (κ1) is 15.5. The molecule has 1 N–H and O–H groups in total. The molecule has 1 aromatic carbocycles. The number of carbonyl (C=O) groups is 1. The van der Waals surface area contributed by atoms with Crippen LogP contribution in [0, 0.1) is 0 Å². The fraction of sp³-hybridized carbons (Fsp3) is 0.294. The Hall–Kier alpha value is -3.00. The van der Waals surface area contributed by atoms with Gasteiger partial charge in [-0.15, -0.1) is 0 Å². The second kappa shape index (κ2) is 6.48. The van der Waals surface area contributed by atoms with Gasteiger partial charge in [0, 0.05) is 37.6 Å². The zero-order chi connectivity index (χ0) is 17.2. The number of fused-ring (bicyclic) bond motifs is 2. The molecule has 3 aromatic rings. The summed E-state index contributed by atoms with van der Waals surface area (Å²) < 4.78 is 6.76. The van der Waals surface area contributed by atoms with Gasteiger partial charge < -0.3 is 15.0 Å². The average molecular weight is 338 g/mol. The summed E-state index contributed by atoms with van der Waals surface area (Å²) in [5.41, 5.74) is 3.03. The van der Waals surface area contributed by atoms with Crippen molar-refractivity contribution >= 4 is 28.9 Å². The van der Waals surface area contributed by atoms with E-state index in [2.05, 4.69) is 26.4 Å². The quantitative estimate of drug-likeness (QED) is 0.763. The maximum Gasteiger partial charge on any atom is 0.254 e. The first-order chi connectivity index (χ1) is 12.3. The Kier molecular flexibility index (Phi) is 4.02. The second-order valence-corrected chi connectivity index (χ2v) is 5.81. The Morgan fingerprint density at radius 2 is 2.16 bits per heavy atom. The number of rotatable bonds is 5. The van der Waals surface area contributed by atoms with E-state index in [0.29, 0.717) is 25.4 Å². The van der Waals surface area contributed by atoms with Crippen molar-refractivity contribution < 1.29 is 9.53 Å². The van der Waals surface area contributed by atoms with E-state index in [4.69, 9.17) is 4.74 Å². The molecule has 4 rings (SSSR count). The first-order valence-electron chi connectivity index (χ1n) is 8.10. The Morgan fingerprint density at radius 3 is 3.04 bits per heavy atom. The Labute approximate surface area is 144 Å². The van der Waals surface area contributed by atoms with E-state index in [9.17, 15) is 4.79 Å². The van der Waals surface area contributed by atoms with Crippen LogP contribution in [0.2, 0.25) is 0 Å². The third kappa shape index (κ3) is 2.91. The van der Waals surface area contributed by atoms with Crippen LogP contribution in [-0.4, -0.2) is 45.8 Å². The van der Waals surface area contributed by atoms with Crippen LogP contribution in [0.25, 0.3) is 5.78 Å². The summed E-state index contributed by atoms with van der Waals surface area (Å²) in [4.78, 5) is 22.2. The van der Waals surface area contributed by atoms with Gasteiger partial charge in [-0.05, 0) is 36.2 Å². The molecule has 8 nitrogen and oxygen atoms in total. The minimum atomic E-state index is 0.142. The summed E-state index contributed by atoms with van der Waals surface area (Å²) in [6.45, 7) is 1.09. The third-order valence-corrected chi connectivity index (χ3v) is 4.25. The molecule has 1 aliphatic heterocycles. The smallest absolute Gasteiger partial charge is 0.254 e. The lowest BCUT2D eigenvalue weighted by Crippen LogP contribution is -2.37. The Bertz CT molecular complexity index is 922. The number of nitrogens with zero attached hydrogens (tertiary/aromatic N) is 5. The highest BCUT2D eigenvalue weighted by Gasteiger charge is 2.24. The molecule has 0 spiro atoms. The normalized spacial score (nSPS) is 14.0. The van der Waals surface area contributed by atoms with Gasteiger partial charge in [0.15, 0.2) is 0 Å². The zero-order valence-corrected chi connectivity index (χ0v) is 13.8. The van der Waals surface area contributed by atoms with Gasteiger partial charge in [-0.1, -0.05) is 0 Å². The van der Waals surface area contributed by atoms with Gasteiger partial charge in [-0.3, -0.25) is 4.79 Å². The van der Waals surface area contributed by atoms with Gasteiger partial charge >= 0.3 is 0 Å². The number of hydrogen-bond donors (Lipinski definition) is 1. The lowest BCUT2D eigenvalue weighted by atomic mass is 10.0. The number of hydrogen-bond acceptors (Lipinski definition) is 6. The standard InChI is InChI=1S/C17H18N6O2/c1-25-9-8-22-14-4-3-13(10-12(14)2-5-16(22)24)21-15-6-7-18-17-19-11-20-23(15)17/h3-4,6-7,10-11,21H,2,5,8-9H2,1H3. The number of aryl methyl sites for hydroxylation is 1. The van der Waals surface area contributed by atoms with Crippen molar-refractivity contribution in [3.05, 3.63) is 42.4 Å². The molecule has 0 saturated heterocycles. The van der Waals surface area contributed by atoms with E-state index >= 15 is 0 Å². The topological polar surface area (TPSA) is 84.6 Å². The number of nitrogens with one attached hydrogen (secondary N) is 1. The van der Waals surface area contributed by atoms with Crippen LogP contribution >= 0.6 is 0 Å². The van der Waals surface area contributed by atoms with Gasteiger partial charge in [0.25, 0.3) is 5.78 Å². The number of anilines is 3. The van der Waals surface area contributed by atoms with E-state index < -0.39 is 0 Å². The Morgan fingerprint density at radius 1 is 1.24 bits per heavy atom. The van der Waals surface area contributed by atoms with Gasteiger partial charge in [0.2, 0.25) is 5.91 Å². The lowest BCUT2D eigenvalue weighted by Gasteiger charge is -2.29. The van der Waals surface area contributed by atoms with E-state index in [1.165, 1.54) is 6.33 Å². The van der Waals surface area contributed by atoms with Crippen molar-refractivity contribution in [3.63, 3.8) is 0 Å². The van der Waals surface area contributed by atoms with Crippen LogP contribution in [0.15, 0.2) is 36.8 Å². The van der Waals surface area contributed by atoms with Crippen LogP contribution < -0.4 is 10.2 Å². The maximum absolute atomic E-state index is 12.2. The maximum atomic E-state index is 12.2. The highest BCUT2D eigenvalue weighted by molar-refractivity contribution is 5.96. The van der Waals surface area contributed by atoms with Crippen LogP contribution in [0.5, 0.6) is 0 Å². The summed E-state index contributed by atoms with van der Waals surface area (Å²) in [6.07, 6.45) is 4.42. The van der Waals surface area contributed by atoms with E-state index in [1.807, 2.05) is 18.2 Å². The number of ether oxygens (including phenoxy) is 1. The molecule has 128 valence electrons. The summed E-state index contributed by atoms with van der Waals surface area (Å²) >= 11 is 0. The molecule has 1 aliphatic rings. The molecule has 1 amide bonds. The minimum absolute atomic E-state index is 0.142. The molecule has 25 heavy (non-hydrogen) atoms. The predicted molar refractivity (Wildman–Crippen MR) is 93.1 cm³/mol. The molecule has 2 aromatic heterocycles. The molecule has 0 fully saturated rings. The number of benzene rings is 1. The minimum Gasteiger partial charge on any atom is -0.383 e. The average Bonchev–Trinajstić information content (AvgIpc) is 3.11. The van der Waals surface area contributed by atoms with Crippen molar-refractivity contribution in [2.45, 2.75) is 12.8 Å². The van der Waals surface area contributed by atoms with Crippen molar-refractivity contribution in [2.24, 2.45) is 0 Å². The Balaban J connectivity index is 1.63. The summed E-state index contributed by atoms with van der Waals surface area (Å²) in [5, 5.41) is 7.52. The van der Waals surface area contributed by atoms with E-state index in [-0.39, 0.29) is 5.91 Å². The molecule has 0 unspecified atom stereocenters. The molecule has 0 radical (unpaired) electrons. The van der Waals surface area contributed by atoms with Crippen molar-refractivity contribution in [1.82, 2.24) is 19.6 Å². The molecular formula is C17H18N6O2. The van der Waals surface area contributed by atoms with Crippen LogP contribution in [0.3, 0.4) is 0 Å². The molecule has 0 aliphatic carbocycles. The van der Waals surface area contributed by atoms with Crippen LogP contribution in [-0.2, 0) is 16.0 Å². The molecule has 0 atom stereocenters. The van der Waals surface area contributed by atoms with Gasteiger partial charge in [0.1, 0.15) is 12.1 Å². The van der Waals surface area contributed by atoms with Crippen molar-refractivity contribution in [3.8, 4) is 0 Å². The largest absolute Gasteiger partial charge is 0.383 e. The SMILES string of the molecule is COCCN1C(=O)CCc2cc(Nc3ccnc4ncnn34)ccc21. The lowest BCUT2D eigenvalue weighted by molar-refractivity contribution is -0.119. The fourth-order valence-corrected chi connectivity index (χ4v) is 3.05. The number of amides is 1. The monoisotopic (exact) mass is 338 g/mol. The highest BCUT2D eigenvalue weighted by atomic mass is 16.5. The number of aromatic nitrogens is 4. The molecule has 8 heteroatoms. The number of carbonyl (C=O) groups excluding carboxylic acids is 1. The van der Waals surface area contributed by atoms with Gasteiger partial charge in [-0.2, -0.15) is 14.6 Å². The number of methoxy groups -OCH3 is 1. The van der Waals surface area contributed by atoms with Crippen molar-refractivity contribution in [1.29, 1.82) is 0 Å².